The fourth-order valence-electron chi connectivity index (χ4n) is 1.85. The molecule has 0 radical (unpaired) electrons. The van der Waals surface area contributed by atoms with Crippen molar-refractivity contribution in [1.82, 2.24) is 0 Å². The molecule has 0 saturated heterocycles. The lowest BCUT2D eigenvalue weighted by Crippen LogP contribution is -2.10. The standard InChI is InChI=1S/C17H13F3O3.C4H8.CH4O/c1-9(2)17(21)23-14-7-5-11(15(19)16(14)20)10-4-6-13(22-3)12(18)8-10;1-4(2)3;1-2/h4-8H,1H2,2-3H3;1H2,2-3H3;2H,1H3. The lowest BCUT2D eigenvalue weighted by molar-refractivity contribution is -0.130. The summed E-state index contributed by atoms with van der Waals surface area (Å²) in [6, 6.07) is 6.00. The number of esters is 1. The van der Waals surface area contributed by atoms with E-state index in [0.29, 0.717) is 0 Å². The maximum Gasteiger partial charge on any atom is 0.338 e. The van der Waals surface area contributed by atoms with Crippen LogP contribution in [0.25, 0.3) is 11.1 Å². The summed E-state index contributed by atoms with van der Waals surface area (Å²) in [4.78, 5) is 11.4. The highest BCUT2D eigenvalue weighted by Gasteiger charge is 2.19. The van der Waals surface area contributed by atoms with Gasteiger partial charge in [-0.1, -0.05) is 18.2 Å². The second-order valence-corrected chi connectivity index (χ2v) is 5.97. The van der Waals surface area contributed by atoms with Crippen molar-refractivity contribution in [2.24, 2.45) is 0 Å². The molecule has 29 heavy (non-hydrogen) atoms. The molecule has 0 spiro atoms. The zero-order valence-corrected chi connectivity index (χ0v) is 17.1. The van der Waals surface area contributed by atoms with E-state index in [9.17, 15) is 18.0 Å². The molecule has 2 aromatic carbocycles. The van der Waals surface area contributed by atoms with E-state index in [1.165, 1.54) is 37.8 Å². The fraction of sp³-hybridized carbons (Fsp3) is 0.227. The SMILES string of the molecule is C=C(C)C.C=C(C)C(=O)Oc1ccc(-c2ccc(OC)c(F)c2)c(F)c1F.CO. The zero-order chi connectivity index (χ0) is 22.7. The van der Waals surface area contributed by atoms with Crippen molar-refractivity contribution in [2.75, 3.05) is 14.2 Å². The van der Waals surface area contributed by atoms with Crippen LogP contribution >= 0.6 is 0 Å². The lowest BCUT2D eigenvalue weighted by atomic mass is 10.0. The summed E-state index contributed by atoms with van der Waals surface area (Å²) in [6.07, 6.45) is 0. The van der Waals surface area contributed by atoms with Gasteiger partial charge in [0.05, 0.1) is 7.11 Å². The van der Waals surface area contributed by atoms with E-state index in [-0.39, 0.29) is 22.4 Å². The van der Waals surface area contributed by atoms with Crippen LogP contribution in [0.15, 0.2) is 54.6 Å². The number of ether oxygens (including phenoxy) is 2. The number of hydrogen-bond donors (Lipinski definition) is 1. The minimum absolute atomic E-state index is 0.0124. The Balaban J connectivity index is 0.00000116. The van der Waals surface area contributed by atoms with E-state index >= 15 is 0 Å². The molecule has 1 N–H and O–H groups in total. The summed E-state index contributed by atoms with van der Waals surface area (Å²) in [5.41, 5.74) is 1.17. The molecular formula is C22H25F3O4. The van der Waals surface area contributed by atoms with Gasteiger partial charge in [-0.3, -0.25) is 0 Å². The van der Waals surface area contributed by atoms with Gasteiger partial charge in [0.2, 0.25) is 5.82 Å². The van der Waals surface area contributed by atoms with Crippen LogP contribution in [-0.2, 0) is 4.79 Å². The first-order chi connectivity index (χ1) is 13.6. The fourth-order valence-corrected chi connectivity index (χ4v) is 1.85. The van der Waals surface area contributed by atoms with E-state index < -0.39 is 29.2 Å². The van der Waals surface area contributed by atoms with Crippen LogP contribution in [0.4, 0.5) is 13.2 Å². The second-order valence-electron chi connectivity index (χ2n) is 5.97. The van der Waals surface area contributed by atoms with Crippen molar-refractivity contribution in [1.29, 1.82) is 0 Å². The van der Waals surface area contributed by atoms with Crippen molar-refractivity contribution in [3.8, 4) is 22.6 Å². The van der Waals surface area contributed by atoms with Gasteiger partial charge < -0.3 is 14.6 Å². The average Bonchev–Trinajstić information content (AvgIpc) is 2.66. The van der Waals surface area contributed by atoms with Crippen molar-refractivity contribution in [3.63, 3.8) is 0 Å². The Labute approximate surface area is 168 Å². The molecule has 0 fully saturated rings. The summed E-state index contributed by atoms with van der Waals surface area (Å²) in [5.74, 6) is -4.74. The van der Waals surface area contributed by atoms with Crippen molar-refractivity contribution >= 4 is 5.97 Å². The lowest BCUT2D eigenvalue weighted by Gasteiger charge is -2.10. The van der Waals surface area contributed by atoms with Crippen LogP contribution < -0.4 is 9.47 Å². The summed E-state index contributed by atoms with van der Waals surface area (Å²) in [6.45, 7) is 12.2. The smallest absolute Gasteiger partial charge is 0.338 e. The predicted molar refractivity (Wildman–Crippen MR) is 107 cm³/mol. The van der Waals surface area contributed by atoms with Gasteiger partial charge in [-0.2, -0.15) is 4.39 Å². The number of aliphatic hydroxyl groups is 1. The molecule has 0 aliphatic rings. The van der Waals surface area contributed by atoms with Gasteiger partial charge in [0.25, 0.3) is 0 Å². The molecule has 158 valence electrons. The molecular weight excluding hydrogens is 385 g/mol. The van der Waals surface area contributed by atoms with Crippen LogP contribution in [0.1, 0.15) is 20.8 Å². The molecule has 0 atom stereocenters. The molecule has 0 saturated carbocycles. The Morgan fingerprint density at radius 1 is 0.931 bits per heavy atom. The van der Waals surface area contributed by atoms with Gasteiger partial charge in [-0.05, 0) is 50.6 Å². The van der Waals surface area contributed by atoms with Gasteiger partial charge in [0.15, 0.2) is 23.1 Å². The predicted octanol–water partition coefficient (Wildman–Crippen LogP) is 5.45. The Bertz CT molecular complexity index is 873. The van der Waals surface area contributed by atoms with Crippen molar-refractivity contribution in [2.45, 2.75) is 20.8 Å². The van der Waals surface area contributed by atoms with Crippen LogP contribution in [-0.4, -0.2) is 25.3 Å². The van der Waals surface area contributed by atoms with Crippen LogP contribution in [0.5, 0.6) is 11.5 Å². The number of halogens is 3. The summed E-state index contributed by atoms with van der Waals surface area (Å²) in [7, 11) is 2.29. The molecule has 4 nitrogen and oxygen atoms in total. The molecule has 2 aromatic rings. The van der Waals surface area contributed by atoms with Crippen LogP contribution in [0.2, 0.25) is 0 Å². The number of rotatable bonds is 4. The normalized spacial score (nSPS) is 9.28. The molecule has 0 aliphatic carbocycles. The number of carbonyl (C=O) groups excluding carboxylic acids is 1. The monoisotopic (exact) mass is 410 g/mol. The van der Waals surface area contributed by atoms with Gasteiger partial charge >= 0.3 is 5.97 Å². The first-order valence-electron chi connectivity index (χ1n) is 8.34. The Morgan fingerprint density at radius 2 is 1.45 bits per heavy atom. The van der Waals surface area contributed by atoms with E-state index in [4.69, 9.17) is 14.6 Å². The number of methoxy groups -OCH3 is 1. The molecule has 0 bridgehead atoms. The van der Waals surface area contributed by atoms with Gasteiger partial charge in [0, 0.05) is 18.2 Å². The Hall–Kier alpha value is -3.06. The second kappa shape index (κ2) is 12.4. The minimum atomic E-state index is -1.34. The zero-order valence-electron chi connectivity index (χ0n) is 17.1. The highest BCUT2D eigenvalue weighted by molar-refractivity contribution is 5.88. The van der Waals surface area contributed by atoms with Gasteiger partial charge in [-0.25, -0.2) is 13.6 Å². The summed E-state index contributed by atoms with van der Waals surface area (Å²) >= 11 is 0. The third-order valence-corrected chi connectivity index (χ3v) is 3.06. The summed E-state index contributed by atoms with van der Waals surface area (Å²) in [5, 5.41) is 7.00. The minimum Gasteiger partial charge on any atom is -0.494 e. The highest BCUT2D eigenvalue weighted by Crippen LogP contribution is 2.32. The van der Waals surface area contributed by atoms with E-state index in [2.05, 4.69) is 13.2 Å². The largest absolute Gasteiger partial charge is 0.494 e. The van der Waals surface area contributed by atoms with Crippen molar-refractivity contribution < 1.29 is 32.5 Å². The molecule has 2 rings (SSSR count). The van der Waals surface area contributed by atoms with Crippen molar-refractivity contribution in [3.05, 3.63) is 72.1 Å². The third kappa shape index (κ3) is 7.83. The quantitative estimate of drug-likeness (QED) is 0.315. The van der Waals surface area contributed by atoms with Gasteiger partial charge in [-0.15, -0.1) is 6.58 Å². The number of carbonyl (C=O) groups is 1. The van der Waals surface area contributed by atoms with E-state index in [0.717, 1.165) is 19.2 Å². The topological polar surface area (TPSA) is 55.8 Å². The number of allylic oxidation sites excluding steroid dienone is 1. The Morgan fingerprint density at radius 3 is 1.90 bits per heavy atom. The number of hydrogen-bond acceptors (Lipinski definition) is 4. The molecule has 0 amide bonds. The third-order valence-electron chi connectivity index (χ3n) is 3.06. The van der Waals surface area contributed by atoms with Crippen LogP contribution in [0, 0.1) is 17.5 Å². The maximum absolute atomic E-state index is 14.2. The molecule has 0 aliphatic heterocycles. The van der Waals surface area contributed by atoms with Gasteiger partial charge in [0.1, 0.15) is 0 Å². The molecule has 0 aromatic heterocycles. The first-order valence-corrected chi connectivity index (χ1v) is 8.34. The highest BCUT2D eigenvalue weighted by atomic mass is 19.2. The van der Waals surface area contributed by atoms with E-state index in [1.807, 2.05) is 13.8 Å². The average molecular weight is 410 g/mol. The van der Waals surface area contributed by atoms with E-state index in [1.54, 1.807) is 0 Å². The number of aliphatic hydroxyl groups excluding tert-OH is 1. The molecule has 7 heteroatoms. The first kappa shape index (κ1) is 25.9. The summed E-state index contributed by atoms with van der Waals surface area (Å²) < 4.78 is 51.3. The molecule has 0 unspecified atom stereocenters. The number of benzene rings is 2. The Kier molecular flexibility index (Phi) is 11.1. The maximum atomic E-state index is 14.2. The molecule has 0 heterocycles. The van der Waals surface area contributed by atoms with Crippen LogP contribution in [0.3, 0.4) is 0 Å².